The van der Waals surface area contributed by atoms with Crippen LogP contribution in [-0.2, 0) is 4.74 Å². The van der Waals surface area contributed by atoms with Gasteiger partial charge in [0.2, 0.25) is 0 Å². The van der Waals surface area contributed by atoms with Gasteiger partial charge >= 0.3 is 0 Å². The Labute approximate surface area is 69.4 Å². The predicted octanol–water partition coefficient (Wildman–Crippen LogP) is 1.70. The topological polar surface area (TPSA) is 35.2 Å². The van der Waals surface area contributed by atoms with Crippen LogP contribution < -0.4 is 5.73 Å². The molecule has 0 amide bonds. The maximum absolute atomic E-state index is 5.64. The molecule has 66 valence electrons. The van der Waals surface area contributed by atoms with E-state index >= 15 is 0 Å². The fourth-order valence-electron chi connectivity index (χ4n) is 1.12. The van der Waals surface area contributed by atoms with E-state index in [1.54, 1.807) is 6.08 Å². The van der Waals surface area contributed by atoms with Crippen LogP contribution in [-0.4, -0.2) is 18.2 Å². The Hall–Kier alpha value is -0.340. The van der Waals surface area contributed by atoms with Gasteiger partial charge in [-0.2, -0.15) is 0 Å². The summed E-state index contributed by atoms with van der Waals surface area (Å²) < 4.78 is 5.49. The van der Waals surface area contributed by atoms with Crippen LogP contribution >= 0.6 is 0 Å². The first-order valence-corrected chi connectivity index (χ1v) is 3.98. The summed E-state index contributed by atoms with van der Waals surface area (Å²) in [4.78, 5) is 0. The highest BCUT2D eigenvalue weighted by Crippen LogP contribution is 2.15. The molecule has 0 saturated carbocycles. The third kappa shape index (κ3) is 6.07. The molecule has 0 aliphatic heterocycles. The van der Waals surface area contributed by atoms with Gasteiger partial charge in [-0.15, -0.1) is 6.58 Å². The summed E-state index contributed by atoms with van der Waals surface area (Å²) in [5.41, 5.74) is 5.52. The number of hydrogen-bond donors (Lipinski definition) is 1. The lowest BCUT2D eigenvalue weighted by Crippen LogP contribution is -2.32. The fourth-order valence-corrected chi connectivity index (χ4v) is 1.12. The van der Waals surface area contributed by atoms with Crippen LogP contribution in [0.1, 0.15) is 27.2 Å². The van der Waals surface area contributed by atoms with Gasteiger partial charge in [0.1, 0.15) is 0 Å². The quantitative estimate of drug-likeness (QED) is 0.616. The largest absolute Gasteiger partial charge is 0.371 e. The van der Waals surface area contributed by atoms with Gasteiger partial charge in [0.05, 0.1) is 12.2 Å². The van der Waals surface area contributed by atoms with Crippen molar-refractivity contribution in [3.63, 3.8) is 0 Å². The molecule has 0 aliphatic carbocycles. The summed E-state index contributed by atoms with van der Waals surface area (Å²) >= 11 is 0. The molecule has 1 unspecified atom stereocenters. The van der Waals surface area contributed by atoms with Crippen molar-refractivity contribution in [3.8, 4) is 0 Å². The van der Waals surface area contributed by atoms with Crippen LogP contribution in [0.15, 0.2) is 12.7 Å². The van der Waals surface area contributed by atoms with Crippen molar-refractivity contribution >= 4 is 0 Å². The van der Waals surface area contributed by atoms with Crippen molar-refractivity contribution in [2.45, 2.75) is 38.8 Å². The van der Waals surface area contributed by atoms with Gasteiger partial charge in [-0.05, 0) is 27.2 Å². The highest BCUT2D eigenvalue weighted by molar-refractivity contribution is 4.76. The lowest BCUT2D eigenvalue weighted by Gasteiger charge is -2.26. The first-order chi connectivity index (χ1) is 4.98. The second-order valence-corrected chi connectivity index (χ2v) is 3.54. The summed E-state index contributed by atoms with van der Waals surface area (Å²) in [6, 6.07) is 0.190. The summed E-state index contributed by atoms with van der Waals surface area (Å²) in [6.45, 7) is 10.3. The predicted molar refractivity (Wildman–Crippen MR) is 48.5 cm³/mol. The van der Waals surface area contributed by atoms with E-state index < -0.39 is 0 Å². The lowest BCUT2D eigenvalue weighted by atomic mass is 10.0. The van der Waals surface area contributed by atoms with Crippen LogP contribution in [0.3, 0.4) is 0 Å². The summed E-state index contributed by atoms with van der Waals surface area (Å²) in [5.74, 6) is 0. The molecule has 0 aromatic carbocycles. The van der Waals surface area contributed by atoms with Crippen LogP contribution in [0.5, 0.6) is 0 Å². The Bertz CT molecular complexity index is 119. The number of rotatable bonds is 5. The number of ether oxygens (including phenoxy) is 1. The zero-order valence-corrected chi connectivity index (χ0v) is 7.76. The Morgan fingerprint density at radius 3 is 2.55 bits per heavy atom. The highest BCUT2D eigenvalue weighted by Gasteiger charge is 2.18. The summed E-state index contributed by atoms with van der Waals surface area (Å²) in [6.07, 6.45) is 2.63. The molecule has 11 heavy (non-hydrogen) atoms. The molecule has 2 heteroatoms. The second kappa shape index (κ2) is 4.52. The fraction of sp³-hybridized carbons (Fsp3) is 0.778. The molecule has 0 aromatic rings. The van der Waals surface area contributed by atoms with Crippen molar-refractivity contribution in [1.29, 1.82) is 0 Å². The molecule has 0 heterocycles. The minimum Gasteiger partial charge on any atom is -0.371 e. The monoisotopic (exact) mass is 157 g/mol. The van der Waals surface area contributed by atoms with Gasteiger partial charge in [-0.1, -0.05) is 6.08 Å². The summed E-state index contributed by atoms with van der Waals surface area (Å²) in [7, 11) is 0. The van der Waals surface area contributed by atoms with Crippen molar-refractivity contribution in [2.75, 3.05) is 6.61 Å². The van der Waals surface area contributed by atoms with Crippen LogP contribution in [0.25, 0.3) is 0 Å². The van der Waals surface area contributed by atoms with Crippen LogP contribution in [0.4, 0.5) is 0 Å². The van der Waals surface area contributed by atoms with Crippen molar-refractivity contribution in [2.24, 2.45) is 5.73 Å². The Kier molecular flexibility index (Phi) is 4.38. The zero-order chi connectivity index (χ0) is 8.91. The molecule has 2 N–H and O–H groups in total. The first-order valence-electron chi connectivity index (χ1n) is 3.98. The van der Waals surface area contributed by atoms with Crippen molar-refractivity contribution < 1.29 is 4.74 Å². The molecule has 0 aliphatic rings. The first kappa shape index (κ1) is 10.7. The lowest BCUT2D eigenvalue weighted by molar-refractivity contribution is -0.0107. The van der Waals surface area contributed by atoms with E-state index in [2.05, 4.69) is 6.58 Å². The standard InChI is InChI=1S/C9H19NO/c1-5-6-11-9(3,4)7-8(2)10/h5,8H,1,6-7,10H2,2-4H3. The van der Waals surface area contributed by atoms with E-state index in [0.717, 1.165) is 6.42 Å². The van der Waals surface area contributed by atoms with Gasteiger partial charge in [-0.25, -0.2) is 0 Å². The van der Waals surface area contributed by atoms with E-state index in [1.807, 2.05) is 20.8 Å². The van der Waals surface area contributed by atoms with Gasteiger partial charge in [0, 0.05) is 6.04 Å². The number of nitrogens with two attached hydrogens (primary N) is 1. The van der Waals surface area contributed by atoms with Gasteiger partial charge < -0.3 is 10.5 Å². The van der Waals surface area contributed by atoms with E-state index in [9.17, 15) is 0 Å². The molecule has 1 atom stereocenters. The molecular formula is C9H19NO. The molecule has 0 rings (SSSR count). The highest BCUT2D eigenvalue weighted by atomic mass is 16.5. The average Bonchev–Trinajstić information content (AvgIpc) is 1.81. The second-order valence-electron chi connectivity index (χ2n) is 3.54. The number of hydrogen-bond acceptors (Lipinski definition) is 2. The van der Waals surface area contributed by atoms with E-state index in [0.29, 0.717) is 6.61 Å². The van der Waals surface area contributed by atoms with Gasteiger partial charge in [0.15, 0.2) is 0 Å². The summed E-state index contributed by atoms with van der Waals surface area (Å²) in [5, 5.41) is 0. The molecule has 0 aromatic heterocycles. The molecule has 0 bridgehead atoms. The maximum atomic E-state index is 5.64. The molecule has 0 saturated heterocycles. The van der Waals surface area contributed by atoms with E-state index in [-0.39, 0.29) is 11.6 Å². The smallest absolute Gasteiger partial charge is 0.0652 e. The minimum absolute atomic E-state index is 0.123. The molecule has 0 radical (unpaired) electrons. The van der Waals surface area contributed by atoms with Gasteiger partial charge in [-0.3, -0.25) is 0 Å². The Morgan fingerprint density at radius 1 is 1.64 bits per heavy atom. The third-order valence-corrected chi connectivity index (χ3v) is 1.41. The van der Waals surface area contributed by atoms with Crippen LogP contribution in [0.2, 0.25) is 0 Å². The SMILES string of the molecule is C=CCOC(C)(C)CC(C)N. The molecule has 0 spiro atoms. The average molecular weight is 157 g/mol. The molecular weight excluding hydrogens is 138 g/mol. The van der Waals surface area contributed by atoms with Gasteiger partial charge in [0.25, 0.3) is 0 Å². The zero-order valence-electron chi connectivity index (χ0n) is 7.76. The molecule has 2 nitrogen and oxygen atoms in total. The maximum Gasteiger partial charge on any atom is 0.0652 e. The molecule has 0 fully saturated rings. The van der Waals surface area contributed by atoms with E-state index in [1.165, 1.54) is 0 Å². The third-order valence-electron chi connectivity index (χ3n) is 1.41. The van der Waals surface area contributed by atoms with E-state index in [4.69, 9.17) is 10.5 Å². The minimum atomic E-state index is -0.123. The normalized spacial score (nSPS) is 14.5. The van der Waals surface area contributed by atoms with Crippen molar-refractivity contribution in [1.82, 2.24) is 0 Å². The Balaban J connectivity index is 3.69. The van der Waals surface area contributed by atoms with Crippen molar-refractivity contribution in [3.05, 3.63) is 12.7 Å². The van der Waals surface area contributed by atoms with Crippen LogP contribution in [0, 0.1) is 0 Å². The Morgan fingerprint density at radius 2 is 2.18 bits per heavy atom.